The van der Waals surface area contributed by atoms with Gasteiger partial charge in [-0.05, 0) is 12.1 Å². The Morgan fingerprint density at radius 3 is 2.52 bits per heavy atom. The van der Waals surface area contributed by atoms with Gasteiger partial charge in [0.2, 0.25) is 5.91 Å². The summed E-state index contributed by atoms with van der Waals surface area (Å²) in [6, 6.07) is 3.17. The van der Waals surface area contributed by atoms with Gasteiger partial charge >= 0.3 is 0 Å². The smallest absolute Gasteiger partial charge is 0.247 e. The number of anilines is 3. The normalized spacial score (nSPS) is 10.7. The molecule has 1 rings (SSSR count). The summed E-state index contributed by atoms with van der Waals surface area (Å²) in [5.41, 5.74) is 6.68. The number of nitrogens with zero attached hydrogens (tertiary/aromatic N) is 1. The van der Waals surface area contributed by atoms with Crippen molar-refractivity contribution in [1.29, 1.82) is 5.41 Å². The molecule has 0 aromatic heterocycles. The number of amides is 1. The third-order valence-corrected chi connectivity index (χ3v) is 4.16. The number of ether oxygens (including phenoxy) is 1. The van der Waals surface area contributed by atoms with Crippen LogP contribution < -0.4 is 26.0 Å². The molecule has 0 radical (unpaired) electrons. The summed E-state index contributed by atoms with van der Waals surface area (Å²) in [5.74, 6) is -0.393. The number of guanidine groups is 1. The van der Waals surface area contributed by atoms with Crippen molar-refractivity contribution in [1.82, 2.24) is 0 Å². The lowest BCUT2D eigenvalue weighted by molar-refractivity contribution is -0.111. The maximum absolute atomic E-state index is 11.7. The van der Waals surface area contributed by atoms with Crippen LogP contribution in [0.5, 0.6) is 5.75 Å². The third kappa shape index (κ3) is 6.34. The van der Waals surface area contributed by atoms with Gasteiger partial charge < -0.3 is 26.0 Å². The van der Waals surface area contributed by atoms with Crippen LogP contribution in [-0.4, -0.2) is 53.0 Å². The van der Waals surface area contributed by atoms with Crippen molar-refractivity contribution in [2.75, 3.05) is 48.2 Å². The molecule has 138 valence electrons. The monoisotopic (exact) mass is 369 g/mol. The quantitative estimate of drug-likeness (QED) is 0.299. The maximum atomic E-state index is 11.7. The highest BCUT2D eigenvalue weighted by Crippen LogP contribution is 2.36. The summed E-state index contributed by atoms with van der Waals surface area (Å²) in [4.78, 5) is 13.4. The van der Waals surface area contributed by atoms with Crippen LogP contribution in [0.15, 0.2) is 24.8 Å². The molecule has 0 aliphatic heterocycles. The van der Waals surface area contributed by atoms with Crippen molar-refractivity contribution in [3.63, 3.8) is 0 Å². The number of nitrogens with two attached hydrogens (primary N) is 1. The molecule has 0 spiro atoms. The predicted octanol–water partition coefficient (Wildman–Crippen LogP) is 0.606. The van der Waals surface area contributed by atoms with Crippen molar-refractivity contribution in [3.05, 3.63) is 24.8 Å². The average molecular weight is 369 g/mol. The van der Waals surface area contributed by atoms with Gasteiger partial charge in [0.25, 0.3) is 0 Å². The zero-order chi connectivity index (χ0) is 19.2. The highest BCUT2D eigenvalue weighted by Gasteiger charge is 2.16. The van der Waals surface area contributed by atoms with Crippen LogP contribution in [0, 0.1) is 5.41 Å². The SMILES string of the molecule is C=CC(=O)Nc1cc(NC(=N)N)c(OC)cc1N(C)CCS(C)(=O)=O. The summed E-state index contributed by atoms with van der Waals surface area (Å²) in [6.07, 6.45) is 2.27. The molecule has 0 fully saturated rings. The minimum Gasteiger partial charge on any atom is -0.494 e. The first-order valence-electron chi connectivity index (χ1n) is 7.22. The third-order valence-electron chi connectivity index (χ3n) is 3.24. The molecule has 0 saturated carbocycles. The lowest BCUT2D eigenvalue weighted by atomic mass is 10.2. The summed E-state index contributed by atoms with van der Waals surface area (Å²) in [5, 5.41) is 12.6. The number of benzene rings is 1. The molecule has 9 nitrogen and oxygen atoms in total. The molecule has 25 heavy (non-hydrogen) atoms. The molecule has 0 unspecified atom stereocenters. The molecular formula is C15H23N5O4S. The fraction of sp³-hybridized carbons (Fsp3) is 0.333. The number of hydrogen-bond acceptors (Lipinski definition) is 6. The van der Waals surface area contributed by atoms with Gasteiger partial charge in [-0.2, -0.15) is 0 Å². The molecule has 10 heteroatoms. The van der Waals surface area contributed by atoms with Crippen LogP contribution in [0.2, 0.25) is 0 Å². The van der Waals surface area contributed by atoms with Gasteiger partial charge in [-0.1, -0.05) is 6.58 Å². The van der Waals surface area contributed by atoms with Gasteiger partial charge in [0.1, 0.15) is 15.6 Å². The second-order valence-corrected chi connectivity index (χ2v) is 7.61. The highest BCUT2D eigenvalue weighted by atomic mass is 32.2. The number of carbonyl (C=O) groups is 1. The highest BCUT2D eigenvalue weighted by molar-refractivity contribution is 7.90. The van der Waals surface area contributed by atoms with E-state index >= 15 is 0 Å². The van der Waals surface area contributed by atoms with Gasteiger partial charge in [0.05, 0.1) is 29.9 Å². The Morgan fingerprint density at radius 1 is 1.40 bits per heavy atom. The Labute approximate surface area is 147 Å². The Kier molecular flexibility index (Phi) is 6.80. The van der Waals surface area contributed by atoms with Crippen LogP contribution in [0.1, 0.15) is 0 Å². The van der Waals surface area contributed by atoms with Crippen LogP contribution in [-0.2, 0) is 14.6 Å². The van der Waals surface area contributed by atoms with E-state index in [4.69, 9.17) is 15.9 Å². The van der Waals surface area contributed by atoms with E-state index in [0.717, 1.165) is 12.3 Å². The molecular weight excluding hydrogens is 346 g/mol. The second-order valence-electron chi connectivity index (χ2n) is 5.35. The standard InChI is InChI=1S/C15H23N5O4S/c1-5-14(21)18-10-8-11(19-15(16)17)13(24-3)9-12(10)20(2)6-7-25(4,22)23/h5,8-9H,1,6-7H2,2-4H3,(H,18,21)(H4,16,17,19). The molecule has 0 aliphatic rings. The molecule has 0 saturated heterocycles. The molecule has 0 heterocycles. The minimum atomic E-state index is -3.14. The average Bonchev–Trinajstić information content (AvgIpc) is 2.51. The van der Waals surface area contributed by atoms with E-state index in [0.29, 0.717) is 22.8 Å². The summed E-state index contributed by atoms with van der Waals surface area (Å²) in [7, 11) is 0.00243. The van der Waals surface area contributed by atoms with Gasteiger partial charge in [0.15, 0.2) is 5.96 Å². The Hall–Kier alpha value is -2.75. The number of sulfone groups is 1. The largest absolute Gasteiger partial charge is 0.494 e. The van der Waals surface area contributed by atoms with Crippen LogP contribution in [0.25, 0.3) is 0 Å². The number of rotatable bonds is 8. The molecule has 0 aliphatic carbocycles. The van der Waals surface area contributed by atoms with Gasteiger partial charge in [0, 0.05) is 25.9 Å². The number of methoxy groups -OCH3 is 1. The lowest BCUT2D eigenvalue weighted by Gasteiger charge is -2.24. The summed E-state index contributed by atoms with van der Waals surface area (Å²) >= 11 is 0. The predicted molar refractivity (Wildman–Crippen MR) is 100 cm³/mol. The van der Waals surface area contributed by atoms with Crippen LogP contribution in [0.3, 0.4) is 0 Å². The Balaban J connectivity index is 3.33. The number of carbonyl (C=O) groups excluding carboxylic acids is 1. The van der Waals surface area contributed by atoms with E-state index in [-0.39, 0.29) is 18.3 Å². The Bertz CT molecular complexity index is 776. The van der Waals surface area contributed by atoms with Crippen molar-refractivity contribution in [2.45, 2.75) is 0 Å². The van der Waals surface area contributed by atoms with Gasteiger partial charge in [-0.15, -0.1) is 0 Å². The van der Waals surface area contributed by atoms with Crippen molar-refractivity contribution in [3.8, 4) is 5.75 Å². The first-order valence-corrected chi connectivity index (χ1v) is 9.28. The summed E-state index contributed by atoms with van der Waals surface area (Å²) < 4.78 is 28.1. The lowest BCUT2D eigenvalue weighted by Crippen LogP contribution is -2.26. The van der Waals surface area contributed by atoms with E-state index in [2.05, 4.69) is 17.2 Å². The van der Waals surface area contributed by atoms with E-state index < -0.39 is 15.7 Å². The van der Waals surface area contributed by atoms with Crippen molar-refractivity contribution in [2.24, 2.45) is 5.73 Å². The topological polar surface area (TPSA) is 138 Å². The fourth-order valence-corrected chi connectivity index (χ4v) is 2.61. The fourth-order valence-electron chi connectivity index (χ4n) is 2.00. The van der Waals surface area contributed by atoms with Gasteiger partial charge in [-0.3, -0.25) is 10.2 Å². The van der Waals surface area contributed by atoms with E-state index in [9.17, 15) is 13.2 Å². The number of hydrogen-bond donors (Lipinski definition) is 4. The minimum absolute atomic E-state index is 0.0475. The van der Waals surface area contributed by atoms with Crippen LogP contribution in [0.4, 0.5) is 17.1 Å². The zero-order valence-electron chi connectivity index (χ0n) is 14.4. The molecule has 1 aromatic carbocycles. The van der Waals surface area contributed by atoms with E-state index in [1.165, 1.54) is 7.11 Å². The Morgan fingerprint density at radius 2 is 2.04 bits per heavy atom. The van der Waals surface area contributed by atoms with E-state index in [1.54, 1.807) is 24.1 Å². The molecule has 1 aromatic rings. The van der Waals surface area contributed by atoms with E-state index in [1.807, 2.05) is 0 Å². The first kappa shape index (κ1) is 20.3. The summed E-state index contributed by atoms with van der Waals surface area (Å²) in [6.45, 7) is 3.63. The first-order chi connectivity index (χ1) is 11.6. The molecule has 1 amide bonds. The second kappa shape index (κ2) is 8.38. The van der Waals surface area contributed by atoms with Crippen molar-refractivity contribution >= 4 is 38.8 Å². The van der Waals surface area contributed by atoms with Gasteiger partial charge in [-0.25, -0.2) is 8.42 Å². The maximum Gasteiger partial charge on any atom is 0.247 e. The van der Waals surface area contributed by atoms with Crippen LogP contribution >= 0.6 is 0 Å². The molecule has 5 N–H and O–H groups in total. The molecule has 0 atom stereocenters. The molecule has 0 bridgehead atoms. The number of nitrogens with one attached hydrogen (secondary N) is 3. The van der Waals surface area contributed by atoms with Crippen molar-refractivity contribution < 1.29 is 17.9 Å². The zero-order valence-corrected chi connectivity index (χ0v) is 15.2.